The quantitative estimate of drug-likeness (QED) is 0.637. The summed E-state index contributed by atoms with van der Waals surface area (Å²) in [6, 6.07) is 24.4. The van der Waals surface area contributed by atoms with Crippen molar-refractivity contribution >= 4 is 5.71 Å². The summed E-state index contributed by atoms with van der Waals surface area (Å²) in [7, 11) is 3.31. The van der Waals surface area contributed by atoms with Gasteiger partial charge in [0.15, 0.2) is 0 Å². The SMILES string of the molecule is COc1ccc([C@H]2Oc3ccccc3[C@@H]3CC(c4ccccc4)=NN23)c(OC)c1. The van der Waals surface area contributed by atoms with Crippen molar-refractivity contribution in [2.24, 2.45) is 5.10 Å². The summed E-state index contributed by atoms with van der Waals surface area (Å²) < 4.78 is 17.4. The molecule has 0 saturated heterocycles. The highest BCUT2D eigenvalue weighted by Gasteiger charge is 2.41. The molecule has 0 aromatic heterocycles. The van der Waals surface area contributed by atoms with Gasteiger partial charge in [0.25, 0.3) is 0 Å². The van der Waals surface area contributed by atoms with E-state index in [1.807, 2.05) is 48.5 Å². The van der Waals surface area contributed by atoms with Gasteiger partial charge < -0.3 is 14.2 Å². The molecule has 2 aliphatic rings. The molecule has 0 bridgehead atoms. The first-order valence-electron chi connectivity index (χ1n) is 9.67. The highest BCUT2D eigenvalue weighted by Crippen LogP contribution is 2.49. The molecule has 0 amide bonds. The third-order valence-electron chi connectivity index (χ3n) is 5.51. The number of fused-ring (bicyclic) bond motifs is 3. The van der Waals surface area contributed by atoms with Gasteiger partial charge in [-0.3, -0.25) is 0 Å². The Morgan fingerprint density at radius 2 is 1.69 bits per heavy atom. The number of nitrogens with zero attached hydrogens (tertiary/aromatic N) is 2. The van der Waals surface area contributed by atoms with E-state index >= 15 is 0 Å². The first-order valence-corrected chi connectivity index (χ1v) is 9.67. The van der Waals surface area contributed by atoms with E-state index in [4.69, 9.17) is 19.3 Å². The van der Waals surface area contributed by atoms with Gasteiger partial charge in [0.2, 0.25) is 6.23 Å². The lowest BCUT2D eigenvalue weighted by molar-refractivity contribution is -0.0203. The predicted molar refractivity (Wildman–Crippen MR) is 112 cm³/mol. The first kappa shape index (κ1) is 17.6. The highest BCUT2D eigenvalue weighted by molar-refractivity contribution is 6.01. The molecule has 0 unspecified atom stereocenters. The molecule has 0 radical (unpaired) electrons. The smallest absolute Gasteiger partial charge is 0.217 e. The summed E-state index contributed by atoms with van der Waals surface area (Å²) >= 11 is 0. The second-order valence-corrected chi connectivity index (χ2v) is 7.13. The van der Waals surface area contributed by atoms with Gasteiger partial charge in [-0.1, -0.05) is 48.5 Å². The maximum absolute atomic E-state index is 6.43. The average molecular weight is 386 g/mol. The Balaban J connectivity index is 1.61. The average Bonchev–Trinajstić information content (AvgIpc) is 3.24. The van der Waals surface area contributed by atoms with Crippen LogP contribution in [0.3, 0.4) is 0 Å². The second kappa shape index (κ2) is 7.17. The Labute approximate surface area is 170 Å². The van der Waals surface area contributed by atoms with E-state index in [1.165, 1.54) is 0 Å². The van der Waals surface area contributed by atoms with Crippen molar-refractivity contribution in [2.75, 3.05) is 14.2 Å². The second-order valence-electron chi connectivity index (χ2n) is 7.13. The molecule has 0 saturated carbocycles. The van der Waals surface area contributed by atoms with Crippen LogP contribution in [-0.2, 0) is 0 Å². The molecule has 3 aromatic rings. The number of hydrazone groups is 1. The number of hydrogen-bond donors (Lipinski definition) is 0. The first-order chi connectivity index (χ1) is 14.3. The van der Waals surface area contributed by atoms with Gasteiger partial charge in [0.05, 0.1) is 31.5 Å². The van der Waals surface area contributed by atoms with E-state index in [1.54, 1.807) is 14.2 Å². The van der Waals surface area contributed by atoms with E-state index in [9.17, 15) is 0 Å². The number of rotatable bonds is 4. The van der Waals surface area contributed by atoms with Gasteiger partial charge in [-0.25, -0.2) is 5.01 Å². The molecule has 2 aliphatic heterocycles. The Bertz CT molecular complexity index is 1060. The molecule has 0 spiro atoms. The van der Waals surface area contributed by atoms with E-state index < -0.39 is 0 Å². The maximum Gasteiger partial charge on any atom is 0.217 e. The zero-order valence-electron chi connectivity index (χ0n) is 16.4. The molecule has 5 rings (SSSR count). The minimum absolute atomic E-state index is 0.118. The Morgan fingerprint density at radius 1 is 0.897 bits per heavy atom. The number of benzene rings is 3. The Hall–Kier alpha value is -3.47. The van der Waals surface area contributed by atoms with Gasteiger partial charge in [-0.05, 0) is 23.8 Å². The molecular weight excluding hydrogens is 364 g/mol. The lowest BCUT2D eigenvalue weighted by atomic mass is 9.96. The van der Waals surface area contributed by atoms with Crippen LogP contribution in [-0.4, -0.2) is 24.9 Å². The van der Waals surface area contributed by atoms with Crippen LogP contribution in [0.5, 0.6) is 17.2 Å². The summed E-state index contributed by atoms with van der Waals surface area (Å²) in [4.78, 5) is 0. The lowest BCUT2D eigenvalue weighted by Gasteiger charge is -2.38. The predicted octanol–water partition coefficient (Wildman–Crippen LogP) is 4.95. The molecular formula is C24H22N2O3. The molecule has 2 atom stereocenters. The van der Waals surface area contributed by atoms with E-state index in [-0.39, 0.29) is 12.3 Å². The molecule has 2 heterocycles. The normalized spacial score (nSPS) is 19.7. The van der Waals surface area contributed by atoms with Gasteiger partial charge in [-0.15, -0.1) is 0 Å². The molecule has 146 valence electrons. The van der Waals surface area contributed by atoms with Crippen molar-refractivity contribution in [3.63, 3.8) is 0 Å². The highest BCUT2D eigenvalue weighted by atomic mass is 16.5. The summed E-state index contributed by atoms with van der Waals surface area (Å²) in [5.41, 5.74) is 4.28. The van der Waals surface area contributed by atoms with Crippen molar-refractivity contribution < 1.29 is 14.2 Å². The largest absolute Gasteiger partial charge is 0.497 e. The van der Waals surface area contributed by atoms with Crippen LogP contribution in [0.15, 0.2) is 77.9 Å². The van der Waals surface area contributed by atoms with E-state index in [0.717, 1.165) is 46.1 Å². The van der Waals surface area contributed by atoms with Crippen LogP contribution >= 0.6 is 0 Å². The maximum atomic E-state index is 6.43. The van der Waals surface area contributed by atoms with E-state index in [2.05, 4.69) is 29.3 Å². The van der Waals surface area contributed by atoms with Gasteiger partial charge >= 0.3 is 0 Å². The number of para-hydroxylation sites is 1. The van der Waals surface area contributed by atoms with Crippen LogP contribution < -0.4 is 14.2 Å². The number of methoxy groups -OCH3 is 2. The molecule has 5 nitrogen and oxygen atoms in total. The Morgan fingerprint density at radius 3 is 2.48 bits per heavy atom. The number of hydrogen-bond acceptors (Lipinski definition) is 5. The summed E-state index contributed by atoms with van der Waals surface area (Å²) in [5, 5.41) is 7.06. The monoisotopic (exact) mass is 386 g/mol. The molecule has 0 aliphatic carbocycles. The third-order valence-corrected chi connectivity index (χ3v) is 5.51. The van der Waals surface area contributed by atoms with Crippen molar-refractivity contribution in [3.05, 3.63) is 89.5 Å². The van der Waals surface area contributed by atoms with Gasteiger partial charge in [0.1, 0.15) is 17.2 Å². The van der Waals surface area contributed by atoms with Crippen LogP contribution in [0, 0.1) is 0 Å². The molecule has 0 N–H and O–H groups in total. The number of ether oxygens (including phenoxy) is 3. The summed E-state index contributed by atoms with van der Waals surface area (Å²) in [5.74, 6) is 2.35. The molecule has 3 aromatic carbocycles. The van der Waals surface area contributed by atoms with Crippen molar-refractivity contribution in [3.8, 4) is 17.2 Å². The van der Waals surface area contributed by atoms with E-state index in [0.29, 0.717) is 0 Å². The van der Waals surface area contributed by atoms with Crippen LogP contribution in [0.25, 0.3) is 0 Å². The van der Waals surface area contributed by atoms with Crippen LogP contribution in [0.1, 0.15) is 35.4 Å². The summed E-state index contributed by atoms with van der Waals surface area (Å²) in [6.07, 6.45) is 0.455. The lowest BCUT2D eigenvalue weighted by Crippen LogP contribution is -2.33. The van der Waals surface area contributed by atoms with Crippen molar-refractivity contribution in [1.82, 2.24) is 5.01 Å². The van der Waals surface area contributed by atoms with Crippen molar-refractivity contribution in [1.29, 1.82) is 0 Å². The fourth-order valence-corrected chi connectivity index (χ4v) is 4.07. The van der Waals surface area contributed by atoms with Gasteiger partial charge in [0, 0.05) is 18.1 Å². The topological polar surface area (TPSA) is 43.3 Å². The summed E-state index contributed by atoms with van der Waals surface area (Å²) in [6.45, 7) is 0. The zero-order chi connectivity index (χ0) is 19.8. The Kier molecular flexibility index (Phi) is 4.35. The third kappa shape index (κ3) is 2.99. The minimum atomic E-state index is -0.378. The van der Waals surface area contributed by atoms with Crippen LogP contribution in [0.2, 0.25) is 0 Å². The van der Waals surface area contributed by atoms with Crippen molar-refractivity contribution in [2.45, 2.75) is 18.7 Å². The molecule has 0 fully saturated rings. The van der Waals surface area contributed by atoms with Gasteiger partial charge in [-0.2, -0.15) is 5.10 Å². The fourth-order valence-electron chi connectivity index (χ4n) is 4.07. The zero-order valence-corrected chi connectivity index (χ0v) is 16.4. The minimum Gasteiger partial charge on any atom is -0.497 e. The standard InChI is InChI=1S/C24H22N2O3/c1-27-17-12-13-19(23(14-17)28-2)24-26-21(18-10-6-7-11-22(18)29-24)15-20(25-26)16-8-4-3-5-9-16/h3-14,21,24H,15H2,1-2H3/t21-,24+/m0/s1. The fraction of sp³-hybridized carbons (Fsp3) is 0.208. The van der Waals surface area contributed by atoms with Crippen LogP contribution in [0.4, 0.5) is 0 Å². The molecule has 29 heavy (non-hydrogen) atoms. The molecule has 5 heteroatoms.